The van der Waals surface area contributed by atoms with Crippen molar-refractivity contribution in [2.45, 2.75) is 31.5 Å². The Kier molecular flexibility index (Phi) is 3.16. The fourth-order valence-corrected chi connectivity index (χ4v) is 3.57. The summed E-state index contributed by atoms with van der Waals surface area (Å²) in [5.41, 5.74) is 5.44. The number of nitrogens with two attached hydrogens (primary N) is 1. The van der Waals surface area contributed by atoms with E-state index in [9.17, 15) is 13.2 Å². The van der Waals surface area contributed by atoms with Crippen molar-refractivity contribution in [3.8, 4) is 0 Å². The molecule has 1 aromatic carbocycles. The smallest absolute Gasteiger partial charge is 0.389 e. The number of nitrogens with zero attached hydrogens (tertiary/aromatic N) is 1. The first-order chi connectivity index (χ1) is 9.36. The number of piperidine rings is 1. The summed E-state index contributed by atoms with van der Waals surface area (Å²) in [6.07, 6.45) is -0.942. The maximum Gasteiger partial charge on any atom is 0.417 e. The molecule has 108 valence electrons. The van der Waals surface area contributed by atoms with Crippen LogP contribution in [0, 0.1) is 5.92 Å². The van der Waals surface area contributed by atoms with E-state index in [1.54, 1.807) is 0 Å². The molecule has 3 rings (SSSR count). The monoisotopic (exact) mass is 300 g/mol. The van der Waals surface area contributed by atoms with Crippen LogP contribution in [0.1, 0.15) is 30.4 Å². The third-order valence-electron chi connectivity index (χ3n) is 4.31. The average molecular weight is 300 g/mol. The molecule has 0 amide bonds. The second-order valence-corrected chi connectivity index (χ2v) is 6.02. The average Bonchev–Trinajstić information content (AvgIpc) is 2.99. The molecule has 1 saturated heterocycles. The molecule has 2 unspecified atom stereocenters. The standard InChI is InChI=1S/C14H15F3N2S/c15-14(16,17)12-4-3-10(6-11(12)13(18)20)19-7-8-1-2-9(19)5-8/h3-4,6,8-9H,1-2,5,7H2,(H2,18,20). The van der Waals surface area contributed by atoms with Gasteiger partial charge in [-0.15, -0.1) is 0 Å². The Balaban J connectivity index is 1.98. The molecule has 1 heterocycles. The molecule has 2 atom stereocenters. The first-order valence-corrected chi connectivity index (χ1v) is 7.05. The largest absolute Gasteiger partial charge is 0.417 e. The van der Waals surface area contributed by atoms with Crippen molar-refractivity contribution in [3.63, 3.8) is 0 Å². The molecule has 6 heteroatoms. The van der Waals surface area contributed by atoms with Gasteiger partial charge in [0.05, 0.1) is 5.56 Å². The van der Waals surface area contributed by atoms with Crippen LogP contribution >= 0.6 is 12.2 Å². The second-order valence-electron chi connectivity index (χ2n) is 5.58. The molecule has 2 nitrogen and oxygen atoms in total. The minimum Gasteiger partial charge on any atom is -0.389 e. The zero-order valence-electron chi connectivity index (χ0n) is 10.8. The summed E-state index contributed by atoms with van der Waals surface area (Å²) in [6.45, 7) is 0.923. The lowest BCUT2D eigenvalue weighted by molar-refractivity contribution is -0.137. The van der Waals surface area contributed by atoms with Crippen LogP contribution in [0.4, 0.5) is 18.9 Å². The van der Waals surface area contributed by atoms with Crippen LogP contribution in [0.15, 0.2) is 18.2 Å². The van der Waals surface area contributed by atoms with Crippen molar-refractivity contribution < 1.29 is 13.2 Å². The van der Waals surface area contributed by atoms with Crippen LogP contribution in [-0.4, -0.2) is 17.6 Å². The number of hydrogen-bond donors (Lipinski definition) is 1. The Morgan fingerprint density at radius 3 is 2.55 bits per heavy atom. The van der Waals surface area contributed by atoms with Crippen LogP contribution in [0.25, 0.3) is 0 Å². The maximum absolute atomic E-state index is 12.9. The van der Waals surface area contributed by atoms with Crippen LogP contribution in [-0.2, 0) is 6.18 Å². The van der Waals surface area contributed by atoms with Crippen molar-refractivity contribution in [1.29, 1.82) is 0 Å². The quantitative estimate of drug-likeness (QED) is 0.850. The summed E-state index contributed by atoms with van der Waals surface area (Å²) in [5.74, 6) is 0.676. The van der Waals surface area contributed by atoms with Crippen LogP contribution in [0.3, 0.4) is 0 Å². The molecule has 2 aliphatic rings. The minimum atomic E-state index is -4.43. The Bertz CT molecular complexity index is 556. The number of alkyl halides is 3. The third kappa shape index (κ3) is 2.26. The zero-order valence-corrected chi connectivity index (χ0v) is 11.6. The van der Waals surface area contributed by atoms with Gasteiger partial charge in [-0.3, -0.25) is 0 Å². The van der Waals surface area contributed by atoms with Crippen LogP contribution < -0.4 is 10.6 Å². The molecule has 1 aliphatic heterocycles. The Morgan fingerprint density at radius 1 is 1.30 bits per heavy atom. The van der Waals surface area contributed by atoms with Crippen molar-refractivity contribution in [2.75, 3.05) is 11.4 Å². The number of anilines is 1. The predicted octanol–water partition coefficient (Wildman–Crippen LogP) is 3.33. The lowest BCUT2D eigenvalue weighted by Gasteiger charge is -2.30. The molecule has 0 aromatic heterocycles. The van der Waals surface area contributed by atoms with Crippen LogP contribution in [0.2, 0.25) is 0 Å². The van der Waals surface area contributed by atoms with Gasteiger partial charge >= 0.3 is 6.18 Å². The molecule has 1 aromatic rings. The second kappa shape index (κ2) is 4.62. The van der Waals surface area contributed by atoms with E-state index in [0.717, 1.165) is 31.1 Å². The summed E-state index contributed by atoms with van der Waals surface area (Å²) in [5, 5.41) is 0. The van der Waals surface area contributed by atoms with E-state index in [-0.39, 0.29) is 10.6 Å². The maximum atomic E-state index is 12.9. The van der Waals surface area contributed by atoms with E-state index < -0.39 is 11.7 Å². The van der Waals surface area contributed by atoms with Crippen molar-refractivity contribution >= 4 is 22.9 Å². The molecule has 1 saturated carbocycles. The number of rotatable bonds is 2. The molecule has 20 heavy (non-hydrogen) atoms. The summed E-state index contributed by atoms with van der Waals surface area (Å²) in [4.78, 5) is 1.99. The number of benzene rings is 1. The van der Waals surface area contributed by atoms with Gasteiger partial charge in [-0.25, -0.2) is 0 Å². The summed E-state index contributed by atoms with van der Waals surface area (Å²) in [7, 11) is 0. The van der Waals surface area contributed by atoms with E-state index in [1.165, 1.54) is 18.6 Å². The van der Waals surface area contributed by atoms with Gasteiger partial charge in [-0.2, -0.15) is 13.2 Å². The van der Waals surface area contributed by atoms with E-state index in [2.05, 4.69) is 4.90 Å². The number of hydrogen-bond acceptors (Lipinski definition) is 2. The van der Waals surface area contributed by atoms with E-state index in [4.69, 9.17) is 18.0 Å². The number of halogens is 3. The third-order valence-corrected chi connectivity index (χ3v) is 4.53. The Hall–Kier alpha value is -1.30. The molecule has 2 bridgehead atoms. The van der Waals surface area contributed by atoms with E-state index in [0.29, 0.717) is 12.0 Å². The van der Waals surface area contributed by atoms with Crippen molar-refractivity contribution in [3.05, 3.63) is 29.3 Å². The fourth-order valence-electron chi connectivity index (χ4n) is 3.40. The lowest BCUT2D eigenvalue weighted by Crippen LogP contribution is -2.32. The van der Waals surface area contributed by atoms with Gasteiger partial charge in [0.1, 0.15) is 4.99 Å². The topological polar surface area (TPSA) is 29.3 Å². The summed E-state index contributed by atoms with van der Waals surface area (Å²) in [6, 6.07) is 4.57. The highest BCUT2D eigenvalue weighted by molar-refractivity contribution is 7.80. The van der Waals surface area contributed by atoms with Crippen LogP contribution in [0.5, 0.6) is 0 Å². The first kappa shape index (κ1) is 13.7. The van der Waals surface area contributed by atoms with Gasteiger partial charge in [0.15, 0.2) is 0 Å². The predicted molar refractivity (Wildman–Crippen MR) is 75.8 cm³/mol. The molecular weight excluding hydrogens is 285 g/mol. The van der Waals surface area contributed by atoms with Gasteiger partial charge in [-0.05, 0) is 43.4 Å². The highest BCUT2D eigenvalue weighted by Crippen LogP contribution is 2.41. The zero-order chi connectivity index (χ0) is 14.5. The minimum absolute atomic E-state index is 0.0761. The molecule has 2 fully saturated rings. The summed E-state index contributed by atoms with van der Waals surface area (Å²) < 4.78 is 38.8. The molecule has 2 N–H and O–H groups in total. The van der Waals surface area contributed by atoms with E-state index in [1.807, 2.05) is 0 Å². The van der Waals surface area contributed by atoms with Gasteiger partial charge in [0, 0.05) is 23.8 Å². The Morgan fingerprint density at radius 2 is 2.05 bits per heavy atom. The van der Waals surface area contributed by atoms with Gasteiger partial charge in [-0.1, -0.05) is 12.2 Å². The molecule has 0 radical (unpaired) electrons. The van der Waals surface area contributed by atoms with Crippen molar-refractivity contribution in [2.24, 2.45) is 11.7 Å². The number of fused-ring (bicyclic) bond motifs is 2. The highest BCUT2D eigenvalue weighted by atomic mass is 32.1. The first-order valence-electron chi connectivity index (χ1n) is 6.64. The van der Waals surface area contributed by atoms with Gasteiger partial charge < -0.3 is 10.6 Å². The van der Waals surface area contributed by atoms with Crippen molar-refractivity contribution in [1.82, 2.24) is 0 Å². The highest BCUT2D eigenvalue weighted by Gasteiger charge is 2.39. The molecule has 0 spiro atoms. The number of thiocarbonyl (C=S) groups is 1. The SMILES string of the molecule is NC(=S)c1cc(N2CC3CCC2C3)ccc1C(F)(F)F. The van der Waals surface area contributed by atoms with E-state index >= 15 is 0 Å². The molecule has 1 aliphatic carbocycles. The van der Waals surface area contributed by atoms with Gasteiger partial charge in [0.2, 0.25) is 0 Å². The molecular formula is C14H15F3N2S. The fraction of sp³-hybridized carbons (Fsp3) is 0.500. The Labute approximate surface area is 120 Å². The van der Waals surface area contributed by atoms with Gasteiger partial charge in [0.25, 0.3) is 0 Å². The summed E-state index contributed by atoms with van der Waals surface area (Å²) >= 11 is 4.78. The lowest BCUT2D eigenvalue weighted by atomic mass is 10.0. The normalized spacial score (nSPS) is 25.2.